The van der Waals surface area contributed by atoms with Crippen LogP contribution in [0, 0.1) is 0 Å². The van der Waals surface area contributed by atoms with Gasteiger partial charge in [-0.3, -0.25) is 18.7 Å². The molecule has 0 atom stereocenters. The fourth-order valence-electron chi connectivity index (χ4n) is 2.51. The number of fused-ring (bicyclic) bond motifs is 1. The van der Waals surface area contributed by atoms with Crippen molar-refractivity contribution in [1.82, 2.24) is 19.5 Å². The van der Waals surface area contributed by atoms with E-state index < -0.39 is 17.2 Å². The van der Waals surface area contributed by atoms with Gasteiger partial charge in [-0.1, -0.05) is 0 Å². The van der Waals surface area contributed by atoms with Gasteiger partial charge in [0, 0.05) is 14.1 Å². The Morgan fingerprint density at radius 3 is 2.65 bits per heavy atom. The fraction of sp³-hybridized carbons (Fsp3) is 0.188. The van der Waals surface area contributed by atoms with E-state index in [9.17, 15) is 19.5 Å². The van der Waals surface area contributed by atoms with Crippen LogP contribution >= 0.6 is 0 Å². The molecule has 10 nitrogen and oxygen atoms in total. The van der Waals surface area contributed by atoms with Crippen molar-refractivity contribution in [3.05, 3.63) is 57.0 Å². The average Bonchev–Trinajstić information content (AvgIpc) is 3.03. The molecule has 2 heterocycles. The van der Waals surface area contributed by atoms with E-state index in [0.717, 1.165) is 4.57 Å². The number of aromatic hydroxyl groups is 1. The van der Waals surface area contributed by atoms with Gasteiger partial charge in [0.2, 0.25) is 6.33 Å². The number of hydrogen-bond donors (Lipinski definition) is 3. The Bertz CT molecular complexity index is 1120. The van der Waals surface area contributed by atoms with Crippen molar-refractivity contribution < 1.29 is 14.5 Å². The minimum absolute atomic E-state index is 0.137. The molecule has 0 saturated heterocycles. The van der Waals surface area contributed by atoms with Crippen molar-refractivity contribution in [1.29, 1.82) is 0 Å². The summed E-state index contributed by atoms with van der Waals surface area (Å²) in [5, 5.41) is 13.0. The summed E-state index contributed by atoms with van der Waals surface area (Å²) in [5.41, 5.74) is 2.66. The predicted octanol–water partition coefficient (Wildman–Crippen LogP) is -1.29. The third kappa shape index (κ3) is 3.11. The van der Waals surface area contributed by atoms with Crippen LogP contribution in [0.1, 0.15) is 5.56 Å². The summed E-state index contributed by atoms with van der Waals surface area (Å²) in [6, 6.07) is 6.29. The van der Waals surface area contributed by atoms with Gasteiger partial charge in [0.15, 0.2) is 6.54 Å². The van der Waals surface area contributed by atoms with Gasteiger partial charge in [-0.25, -0.2) is 19.8 Å². The van der Waals surface area contributed by atoms with Crippen molar-refractivity contribution in [3.8, 4) is 5.75 Å². The molecular weight excluding hydrogens is 340 g/mol. The second-order valence-corrected chi connectivity index (χ2v) is 5.69. The number of rotatable bonds is 4. The molecule has 10 heteroatoms. The van der Waals surface area contributed by atoms with Crippen LogP contribution in [0.25, 0.3) is 11.2 Å². The third-order valence-corrected chi connectivity index (χ3v) is 3.90. The predicted molar refractivity (Wildman–Crippen MR) is 92.8 cm³/mol. The maximum atomic E-state index is 12.3. The lowest BCUT2D eigenvalue weighted by Crippen LogP contribution is -2.46. The van der Waals surface area contributed by atoms with E-state index in [0.29, 0.717) is 11.2 Å². The number of imidazole rings is 1. The van der Waals surface area contributed by atoms with Gasteiger partial charge in [0.25, 0.3) is 17.1 Å². The highest BCUT2D eigenvalue weighted by molar-refractivity contribution is 5.82. The largest absolute Gasteiger partial charge is 0.508 e. The summed E-state index contributed by atoms with van der Waals surface area (Å²) in [5.74, 6) is -0.306. The summed E-state index contributed by atoms with van der Waals surface area (Å²) < 4.78 is 3.70. The van der Waals surface area contributed by atoms with Crippen LogP contribution in [-0.4, -0.2) is 31.3 Å². The number of nitrogens with one attached hydrogen (secondary N) is 2. The smallest absolute Gasteiger partial charge is 0.333 e. The summed E-state index contributed by atoms with van der Waals surface area (Å²) >= 11 is 0. The molecule has 0 unspecified atom stereocenters. The van der Waals surface area contributed by atoms with Gasteiger partial charge in [-0.05, 0) is 29.8 Å². The van der Waals surface area contributed by atoms with Gasteiger partial charge in [0.1, 0.15) is 5.75 Å². The second kappa shape index (κ2) is 6.67. The highest BCUT2D eigenvalue weighted by atomic mass is 16.3. The fourth-order valence-corrected chi connectivity index (χ4v) is 2.51. The lowest BCUT2D eigenvalue weighted by molar-refractivity contribution is -0.659. The Morgan fingerprint density at radius 2 is 1.96 bits per heavy atom. The Kier molecular flexibility index (Phi) is 4.40. The van der Waals surface area contributed by atoms with Gasteiger partial charge in [0.05, 0.1) is 6.21 Å². The molecule has 0 aliphatic carbocycles. The molecule has 134 valence electrons. The van der Waals surface area contributed by atoms with E-state index in [2.05, 4.69) is 15.5 Å². The van der Waals surface area contributed by atoms with Crippen LogP contribution in [0.15, 0.2) is 45.3 Å². The van der Waals surface area contributed by atoms with Crippen molar-refractivity contribution in [2.24, 2.45) is 19.2 Å². The van der Waals surface area contributed by atoms with Crippen LogP contribution < -0.4 is 21.2 Å². The number of aryl methyl sites for hydroxylation is 1. The topological polar surface area (TPSA) is 125 Å². The molecule has 0 aliphatic rings. The maximum absolute atomic E-state index is 12.3. The molecular formula is C16H17N6O4+. The summed E-state index contributed by atoms with van der Waals surface area (Å²) in [6.45, 7) is -0.152. The molecule has 26 heavy (non-hydrogen) atoms. The number of phenols is 1. The van der Waals surface area contributed by atoms with Crippen LogP contribution in [0.5, 0.6) is 5.75 Å². The zero-order chi connectivity index (χ0) is 18.8. The SMILES string of the molecule is Cn1c(=O)c2c([nH]c[n+]2CC(=O)N/N=C/c2ccc(O)cc2)n(C)c1=O. The minimum atomic E-state index is -0.496. The molecule has 3 rings (SSSR count). The molecule has 0 saturated carbocycles. The first-order valence-corrected chi connectivity index (χ1v) is 7.66. The molecule has 1 aromatic carbocycles. The standard InChI is InChI=1S/C16H16N6O4/c1-20-14-13(15(25)21(2)16(20)26)22(9-17-14)8-12(24)19-18-7-10-3-5-11(23)6-4-10/h3-7,9H,8H2,1-2H3,(H2,18,19,23,24)/p+1. The van der Waals surface area contributed by atoms with Crippen molar-refractivity contribution in [2.45, 2.75) is 6.54 Å². The highest BCUT2D eigenvalue weighted by Gasteiger charge is 2.21. The number of aromatic amines is 1. The number of hydrazone groups is 1. The number of aromatic nitrogens is 4. The molecule has 0 spiro atoms. The maximum Gasteiger partial charge on any atom is 0.333 e. The van der Waals surface area contributed by atoms with Gasteiger partial charge < -0.3 is 5.11 Å². The lowest BCUT2D eigenvalue weighted by atomic mass is 10.2. The normalized spacial score (nSPS) is 11.3. The van der Waals surface area contributed by atoms with Crippen molar-refractivity contribution in [3.63, 3.8) is 0 Å². The number of H-pyrrole nitrogens is 1. The first-order valence-electron chi connectivity index (χ1n) is 7.66. The Labute approximate surface area is 146 Å². The Hall–Kier alpha value is -3.69. The molecule has 0 bridgehead atoms. The Morgan fingerprint density at radius 1 is 1.27 bits per heavy atom. The van der Waals surface area contributed by atoms with Crippen LogP contribution in [0.2, 0.25) is 0 Å². The molecule has 3 N–H and O–H groups in total. The minimum Gasteiger partial charge on any atom is -0.508 e. The first-order chi connectivity index (χ1) is 12.4. The van der Waals surface area contributed by atoms with E-state index in [1.807, 2.05) is 0 Å². The van der Waals surface area contributed by atoms with Crippen molar-refractivity contribution >= 4 is 23.3 Å². The number of amides is 1. The zero-order valence-electron chi connectivity index (χ0n) is 14.1. The number of nitrogens with zero attached hydrogens (tertiary/aromatic N) is 4. The second-order valence-electron chi connectivity index (χ2n) is 5.69. The highest BCUT2D eigenvalue weighted by Crippen LogP contribution is 2.07. The van der Waals surface area contributed by atoms with E-state index >= 15 is 0 Å². The van der Waals surface area contributed by atoms with Crippen LogP contribution in [0.4, 0.5) is 0 Å². The van der Waals surface area contributed by atoms with Gasteiger partial charge >= 0.3 is 11.2 Å². The van der Waals surface area contributed by atoms with Crippen LogP contribution in [0.3, 0.4) is 0 Å². The van der Waals surface area contributed by atoms with E-state index in [1.165, 1.54) is 47.9 Å². The molecule has 0 radical (unpaired) electrons. The van der Waals surface area contributed by atoms with Crippen LogP contribution in [-0.2, 0) is 25.4 Å². The molecule has 1 amide bonds. The van der Waals surface area contributed by atoms with E-state index in [1.54, 1.807) is 12.1 Å². The molecule has 0 aliphatic heterocycles. The van der Waals surface area contributed by atoms with Gasteiger partial charge in [-0.2, -0.15) is 5.10 Å². The van der Waals surface area contributed by atoms with E-state index in [4.69, 9.17) is 0 Å². The summed E-state index contributed by atoms with van der Waals surface area (Å²) in [6.07, 6.45) is 2.88. The quantitative estimate of drug-likeness (QED) is 0.305. The third-order valence-electron chi connectivity index (χ3n) is 3.90. The number of hydrogen-bond acceptors (Lipinski definition) is 5. The Balaban J connectivity index is 1.79. The average molecular weight is 357 g/mol. The summed E-state index contributed by atoms with van der Waals surface area (Å²) in [4.78, 5) is 39.1. The molecule has 3 aromatic rings. The lowest BCUT2D eigenvalue weighted by Gasteiger charge is -2.01. The number of benzene rings is 1. The number of carbonyl (C=O) groups excluding carboxylic acids is 1. The van der Waals surface area contributed by atoms with Crippen molar-refractivity contribution in [2.75, 3.05) is 0 Å². The van der Waals surface area contributed by atoms with E-state index in [-0.39, 0.29) is 17.8 Å². The molecule has 2 aromatic heterocycles. The van der Waals surface area contributed by atoms with Gasteiger partial charge in [-0.15, -0.1) is 0 Å². The number of carbonyl (C=O) groups is 1. The molecule has 0 fully saturated rings. The number of phenolic OH excluding ortho intramolecular Hbond substituents is 1. The summed E-state index contributed by atoms with van der Waals surface area (Å²) in [7, 11) is 2.91. The zero-order valence-corrected chi connectivity index (χ0v) is 14.1. The monoisotopic (exact) mass is 357 g/mol. The first kappa shape index (κ1) is 17.1.